The Morgan fingerprint density at radius 1 is 1.67 bits per heavy atom. The highest BCUT2D eigenvalue weighted by atomic mass is 16.3. The molecular formula is C11H16N2O2. The first-order valence-electron chi connectivity index (χ1n) is 5.31. The number of aryl methyl sites for hydroxylation is 1. The Bertz CT molecular complexity index is 321. The Hall–Kier alpha value is -1.29. The Morgan fingerprint density at radius 2 is 2.53 bits per heavy atom. The average molecular weight is 208 g/mol. The molecule has 1 amide bonds. The predicted octanol–water partition coefficient (Wildman–Crippen LogP) is 0.772. The van der Waals surface area contributed by atoms with E-state index >= 15 is 0 Å². The third-order valence-corrected chi connectivity index (χ3v) is 2.74. The molecule has 4 nitrogen and oxygen atoms in total. The molecule has 1 aliphatic heterocycles. The number of carbonyl (C=O) groups excluding carboxylic acids is 1. The SMILES string of the molecule is NC1CCN(C(=O)CCc2ccco2)C1. The van der Waals surface area contributed by atoms with Crippen LogP contribution in [0.1, 0.15) is 18.6 Å². The van der Waals surface area contributed by atoms with Crippen molar-refractivity contribution in [1.29, 1.82) is 0 Å². The third kappa shape index (κ3) is 2.59. The topological polar surface area (TPSA) is 59.5 Å². The lowest BCUT2D eigenvalue weighted by molar-refractivity contribution is -0.130. The van der Waals surface area contributed by atoms with E-state index in [1.807, 2.05) is 17.0 Å². The maximum atomic E-state index is 11.7. The average Bonchev–Trinajstić information content (AvgIpc) is 2.84. The number of hydrogen-bond acceptors (Lipinski definition) is 3. The summed E-state index contributed by atoms with van der Waals surface area (Å²) in [6.45, 7) is 1.51. The molecule has 0 radical (unpaired) electrons. The summed E-state index contributed by atoms with van der Waals surface area (Å²) in [4.78, 5) is 13.6. The van der Waals surface area contributed by atoms with E-state index < -0.39 is 0 Å². The second-order valence-electron chi connectivity index (χ2n) is 3.97. The van der Waals surface area contributed by atoms with E-state index in [9.17, 15) is 4.79 Å². The van der Waals surface area contributed by atoms with Crippen LogP contribution in [0.5, 0.6) is 0 Å². The van der Waals surface area contributed by atoms with Crippen molar-refractivity contribution in [1.82, 2.24) is 4.90 Å². The fraction of sp³-hybridized carbons (Fsp3) is 0.545. The number of nitrogens with zero attached hydrogens (tertiary/aromatic N) is 1. The lowest BCUT2D eigenvalue weighted by Gasteiger charge is -2.14. The number of furan rings is 1. The molecule has 1 saturated heterocycles. The van der Waals surface area contributed by atoms with Gasteiger partial charge in [0.1, 0.15) is 5.76 Å². The Morgan fingerprint density at radius 3 is 3.13 bits per heavy atom. The van der Waals surface area contributed by atoms with Gasteiger partial charge < -0.3 is 15.1 Å². The third-order valence-electron chi connectivity index (χ3n) is 2.74. The molecule has 2 N–H and O–H groups in total. The summed E-state index contributed by atoms with van der Waals surface area (Å²) in [6.07, 6.45) is 3.75. The molecule has 2 heterocycles. The van der Waals surface area contributed by atoms with Gasteiger partial charge in [0.05, 0.1) is 6.26 Å². The van der Waals surface area contributed by atoms with Gasteiger partial charge in [0.2, 0.25) is 5.91 Å². The van der Waals surface area contributed by atoms with Crippen molar-refractivity contribution >= 4 is 5.91 Å². The van der Waals surface area contributed by atoms with Gasteiger partial charge in [-0.05, 0) is 18.6 Å². The minimum Gasteiger partial charge on any atom is -0.469 e. The summed E-state index contributed by atoms with van der Waals surface area (Å²) in [6, 6.07) is 3.90. The van der Waals surface area contributed by atoms with Crippen LogP contribution in [0.2, 0.25) is 0 Å². The van der Waals surface area contributed by atoms with Crippen molar-refractivity contribution in [2.75, 3.05) is 13.1 Å². The van der Waals surface area contributed by atoms with Crippen LogP contribution in [-0.4, -0.2) is 29.9 Å². The largest absolute Gasteiger partial charge is 0.469 e. The van der Waals surface area contributed by atoms with Gasteiger partial charge in [-0.25, -0.2) is 0 Å². The number of likely N-dealkylation sites (tertiary alicyclic amines) is 1. The summed E-state index contributed by atoms with van der Waals surface area (Å²) in [5.74, 6) is 1.05. The second-order valence-corrected chi connectivity index (χ2v) is 3.97. The molecular weight excluding hydrogens is 192 g/mol. The molecule has 0 bridgehead atoms. The zero-order valence-corrected chi connectivity index (χ0v) is 8.69. The number of rotatable bonds is 3. The van der Waals surface area contributed by atoms with E-state index in [4.69, 9.17) is 10.2 Å². The van der Waals surface area contributed by atoms with Crippen LogP contribution in [0.4, 0.5) is 0 Å². The van der Waals surface area contributed by atoms with E-state index in [0.29, 0.717) is 19.4 Å². The van der Waals surface area contributed by atoms with Gasteiger partial charge in [0.25, 0.3) is 0 Å². The van der Waals surface area contributed by atoms with Gasteiger partial charge in [-0.2, -0.15) is 0 Å². The highest BCUT2D eigenvalue weighted by Crippen LogP contribution is 2.11. The minimum absolute atomic E-state index is 0.164. The van der Waals surface area contributed by atoms with Crippen molar-refractivity contribution in [2.24, 2.45) is 5.73 Å². The highest BCUT2D eigenvalue weighted by molar-refractivity contribution is 5.76. The molecule has 0 aromatic carbocycles. The van der Waals surface area contributed by atoms with E-state index in [1.165, 1.54) is 0 Å². The number of carbonyl (C=O) groups is 1. The molecule has 1 atom stereocenters. The van der Waals surface area contributed by atoms with Crippen LogP contribution in [0.3, 0.4) is 0 Å². The molecule has 15 heavy (non-hydrogen) atoms. The van der Waals surface area contributed by atoms with Gasteiger partial charge in [0, 0.05) is 32.0 Å². The van der Waals surface area contributed by atoms with Crippen LogP contribution in [0, 0.1) is 0 Å². The molecule has 1 fully saturated rings. The van der Waals surface area contributed by atoms with Crippen molar-refractivity contribution in [3.05, 3.63) is 24.2 Å². The van der Waals surface area contributed by atoms with Crippen LogP contribution >= 0.6 is 0 Å². The molecule has 1 aromatic rings. The highest BCUT2D eigenvalue weighted by Gasteiger charge is 2.23. The van der Waals surface area contributed by atoms with E-state index in [2.05, 4.69) is 0 Å². The minimum atomic E-state index is 0.164. The zero-order valence-electron chi connectivity index (χ0n) is 8.69. The Labute approximate surface area is 89.0 Å². The molecule has 1 aromatic heterocycles. The maximum absolute atomic E-state index is 11.7. The summed E-state index contributed by atoms with van der Waals surface area (Å²) in [5, 5.41) is 0. The lowest BCUT2D eigenvalue weighted by Crippen LogP contribution is -2.31. The van der Waals surface area contributed by atoms with Crippen LogP contribution < -0.4 is 5.73 Å². The molecule has 0 aliphatic carbocycles. The van der Waals surface area contributed by atoms with E-state index in [0.717, 1.165) is 18.7 Å². The lowest BCUT2D eigenvalue weighted by atomic mass is 10.2. The van der Waals surface area contributed by atoms with Gasteiger partial charge in [-0.15, -0.1) is 0 Å². The molecule has 1 aliphatic rings. The summed E-state index contributed by atoms with van der Waals surface area (Å²) < 4.78 is 5.17. The first-order valence-corrected chi connectivity index (χ1v) is 5.31. The molecule has 1 unspecified atom stereocenters. The van der Waals surface area contributed by atoms with Crippen LogP contribution in [-0.2, 0) is 11.2 Å². The normalized spacial score (nSPS) is 20.9. The summed E-state index contributed by atoms with van der Waals surface area (Å²) >= 11 is 0. The van der Waals surface area contributed by atoms with Crippen molar-refractivity contribution in [2.45, 2.75) is 25.3 Å². The first-order chi connectivity index (χ1) is 7.25. The smallest absolute Gasteiger partial charge is 0.223 e. The first kappa shape index (κ1) is 10.2. The molecule has 82 valence electrons. The molecule has 2 rings (SSSR count). The van der Waals surface area contributed by atoms with E-state index in [-0.39, 0.29) is 11.9 Å². The number of nitrogens with two attached hydrogens (primary N) is 1. The quantitative estimate of drug-likeness (QED) is 0.798. The Balaban J connectivity index is 1.78. The maximum Gasteiger partial charge on any atom is 0.223 e. The van der Waals surface area contributed by atoms with Crippen molar-refractivity contribution < 1.29 is 9.21 Å². The van der Waals surface area contributed by atoms with Gasteiger partial charge in [-0.1, -0.05) is 0 Å². The molecule has 4 heteroatoms. The Kier molecular flexibility index (Phi) is 3.06. The van der Waals surface area contributed by atoms with E-state index in [1.54, 1.807) is 6.26 Å². The fourth-order valence-electron chi connectivity index (χ4n) is 1.86. The number of amides is 1. The van der Waals surface area contributed by atoms with Gasteiger partial charge in [0.15, 0.2) is 0 Å². The summed E-state index contributed by atoms with van der Waals surface area (Å²) in [5.41, 5.74) is 5.74. The van der Waals surface area contributed by atoms with Crippen LogP contribution in [0.15, 0.2) is 22.8 Å². The van der Waals surface area contributed by atoms with Crippen molar-refractivity contribution in [3.8, 4) is 0 Å². The zero-order chi connectivity index (χ0) is 10.7. The molecule has 0 spiro atoms. The summed E-state index contributed by atoms with van der Waals surface area (Å²) in [7, 11) is 0. The van der Waals surface area contributed by atoms with Gasteiger partial charge >= 0.3 is 0 Å². The van der Waals surface area contributed by atoms with Gasteiger partial charge in [-0.3, -0.25) is 4.79 Å². The second kappa shape index (κ2) is 4.49. The van der Waals surface area contributed by atoms with Crippen LogP contribution in [0.25, 0.3) is 0 Å². The van der Waals surface area contributed by atoms with Crippen molar-refractivity contribution in [3.63, 3.8) is 0 Å². The molecule has 0 saturated carbocycles. The monoisotopic (exact) mass is 208 g/mol. The standard InChI is InChI=1S/C11H16N2O2/c12-9-5-6-13(8-9)11(14)4-3-10-2-1-7-15-10/h1-2,7,9H,3-6,8,12H2. The number of hydrogen-bond donors (Lipinski definition) is 1. The fourth-order valence-corrected chi connectivity index (χ4v) is 1.86. The predicted molar refractivity (Wildman–Crippen MR) is 56.2 cm³/mol.